The second-order valence-corrected chi connectivity index (χ2v) is 7.96. The van der Waals surface area contributed by atoms with E-state index in [-0.39, 0.29) is 24.1 Å². The summed E-state index contributed by atoms with van der Waals surface area (Å²) in [5.41, 5.74) is 0.708. The first-order valence-electron chi connectivity index (χ1n) is 8.92. The lowest BCUT2D eigenvalue weighted by atomic mass is 10.3. The molecular weight excluding hydrogens is 417 g/mol. The molecule has 0 saturated carbocycles. The van der Waals surface area contributed by atoms with Gasteiger partial charge in [-0.05, 0) is 48.8 Å². The number of likely N-dealkylation sites (N-methyl/N-ethyl adjacent to an activating group) is 1. The average Bonchev–Trinajstić information content (AvgIpc) is 3.32. The molecule has 150 valence electrons. The van der Waals surface area contributed by atoms with Gasteiger partial charge < -0.3 is 4.90 Å². The molecule has 0 aliphatic rings. The number of amides is 1. The average molecular weight is 440 g/mol. The lowest BCUT2D eigenvalue weighted by Gasteiger charge is -2.23. The quantitative estimate of drug-likeness (QED) is 0.446. The minimum atomic E-state index is -0.295. The van der Waals surface area contributed by atoms with E-state index in [2.05, 4.69) is 23.7 Å². The topological polar surface area (TPSA) is 36.4 Å². The third-order valence-corrected chi connectivity index (χ3v) is 6.18. The zero-order chi connectivity index (χ0) is 19.2. The van der Waals surface area contributed by atoms with Gasteiger partial charge in [-0.2, -0.15) is 0 Å². The van der Waals surface area contributed by atoms with E-state index in [1.807, 2.05) is 23.6 Å². The number of benzene rings is 1. The van der Waals surface area contributed by atoms with Crippen molar-refractivity contribution in [2.45, 2.75) is 13.8 Å². The number of aromatic nitrogens is 1. The summed E-state index contributed by atoms with van der Waals surface area (Å²) in [6.07, 6.45) is 3.41. The minimum absolute atomic E-state index is 0. The maximum absolute atomic E-state index is 13.5. The van der Waals surface area contributed by atoms with Gasteiger partial charge in [-0.3, -0.25) is 9.69 Å². The fraction of sp³-hybridized carbons (Fsp3) is 0.300. The highest BCUT2D eigenvalue weighted by Crippen LogP contribution is 2.29. The number of hydrogen-bond donors (Lipinski definition) is 0. The van der Waals surface area contributed by atoms with Gasteiger partial charge in [-0.1, -0.05) is 31.3 Å². The number of thiazole rings is 1. The lowest BCUT2D eigenvalue weighted by molar-refractivity contribution is -0.114. The molecule has 0 radical (unpaired) electrons. The highest BCUT2D eigenvalue weighted by molar-refractivity contribution is 7.22. The van der Waals surface area contributed by atoms with Crippen molar-refractivity contribution in [1.82, 2.24) is 9.88 Å². The summed E-state index contributed by atoms with van der Waals surface area (Å²) in [6, 6.07) is 8.43. The van der Waals surface area contributed by atoms with E-state index in [4.69, 9.17) is 0 Å². The molecule has 0 N–H and O–H groups in total. The number of rotatable bonds is 8. The van der Waals surface area contributed by atoms with E-state index in [0.717, 1.165) is 29.2 Å². The number of hydrogen-bond acceptors (Lipinski definition) is 5. The Labute approximate surface area is 178 Å². The van der Waals surface area contributed by atoms with Gasteiger partial charge in [0.25, 0.3) is 5.91 Å². The van der Waals surface area contributed by atoms with E-state index >= 15 is 0 Å². The lowest BCUT2D eigenvalue weighted by Crippen LogP contribution is -2.38. The number of fused-ring (bicyclic) bond motifs is 1. The first kappa shape index (κ1) is 22.5. The Bertz CT molecular complexity index is 923. The zero-order valence-electron chi connectivity index (χ0n) is 15.8. The summed E-state index contributed by atoms with van der Waals surface area (Å²) in [7, 11) is 0. The van der Waals surface area contributed by atoms with Crippen molar-refractivity contribution in [3.63, 3.8) is 0 Å². The molecule has 0 fully saturated rings. The van der Waals surface area contributed by atoms with Crippen LogP contribution in [0.1, 0.15) is 18.7 Å². The molecule has 2 aromatic heterocycles. The number of carbonyl (C=O) groups is 1. The molecule has 0 aliphatic heterocycles. The standard InChI is InChI=1S/C20H22FN3OS2.ClH/c1-3-23(4-2)11-12-24(19(25)10-8-16-6-5-13-26-16)20-22-17-9-7-15(21)14-18(17)27-20;/h5-10,13-14H,3-4,11-12H2,1-2H3;1H. The number of anilines is 1. The van der Waals surface area contributed by atoms with Gasteiger partial charge in [-0.25, -0.2) is 9.37 Å². The van der Waals surface area contributed by atoms with Gasteiger partial charge in [0.15, 0.2) is 5.13 Å². The van der Waals surface area contributed by atoms with Crippen LogP contribution >= 0.6 is 35.1 Å². The third kappa shape index (κ3) is 5.61. The molecule has 28 heavy (non-hydrogen) atoms. The van der Waals surface area contributed by atoms with Crippen molar-refractivity contribution in [3.8, 4) is 0 Å². The summed E-state index contributed by atoms with van der Waals surface area (Å²) >= 11 is 2.93. The van der Waals surface area contributed by atoms with Gasteiger partial charge in [-0.15, -0.1) is 23.7 Å². The second-order valence-electron chi connectivity index (χ2n) is 5.97. The number of carbonyl (C=O) groups excluding carboxylic acids is 1. The molecule has 0 aliphatic carbocycles. The Balaban J connectivity index is 0.00000280. The van der Waals surface area contributed by atoms with Crippen LogP contribution in [0.3, 0.4) is 0 Å². The van der Waals surface area contributed by atoms with Crippen molar-refractivity contribution in [1.29, 1.82) is 0 Å². The Hall–Kier alpha value is -1.80. The van der Waals surface area contributed by atoms with E-state index in [0.29, 0.717) is 17.2 Å². The smallest absolute Gasteiger partial charge is 0.252 e. The van der Waals surface area contributed by atoms with Crippen molar-refractivity contribution in [2.75, 3.05) is 31.1 Å². The summed E-state index contributed by atoms with van der Waals surface area (Å²) < 4.78 is 14.3. The molecule has 1 aromatic carbocycles. The first-order valence-corrected chi connectivity index (χ1v) is 10.6. The summed E-state index contributed by atoms with van der Waals surface area (Å²) in [5.74, 6) is -0.411. The fourth-order valence-corrected chi connectivity index (χ4v) is 4.35. The van der Waals surface area contributed by atoms with E-state index < -0.39 is 0 Å². The highest BCUT2D eigenvalue weighted by atomic mass is 35.5. The molecule has 0 atom stereocenters. The first-order chi connectivity index (χ1) is 13.1. The van der Waals surface area contributed by atoms with Gasteiger partial charge in [0.05, 0.1) is 10.2 Å². The minimum Gasteiger partial charge on any atom is -0.302 e. The van der Waals surface area contributed by atoms with Crippen molar-refractivity contribution in [2.24, 2.45) is 0 Å². The molecule has 0 bridgehead atoms. The fourth-order valence-electron chi connectivity index (χ4n) is 2.71. The van der Waals surface area contributed by atoms with Gasteiger partial charge in [0, 0.05) is 24.0 Å². The Kier molecular flexibility index (Phi) is 8.57. The maximum atomic E-state index is 13.5. The second kappa shape index (κ2) is 10.7. The molecule has 4 nitrogen and oxygen atoms in total. The van der Waals surface area contributed by atoms with Crippen LogP contribution in [0.2, 0.25) is 0 Å². The van der Waals surface area contributed by atoms with Crippen LogP contribution in [0.15, 0.2) is 41.8 Å². The number of nitrogens with zero attached hydrogens (tertiary/aromatic N) is 3. The Morgan fingerprint density at radius 3 is 2.68 bits per heavy atom. The molecule has 8 heteroatoms. The van der Waals surface area contributed by atoms with E-state index in [1.54, 1.807) is 28.4 Å². The monoisotopic (exact) mass is 439 g/mol. The highest BCUT2D eigenvalue weighted by Gasteiger charge is 2.19. The third-order valence-electron chi connectivity index (χ3n) is 4.30. The molecule has 0 saturated heterocycles. The van der Waals surface area contributed by atoms with E-state index in [9.17, 15) is 9.18 Å². The molecule has 3 aromatic rings. The molecular formula is C20H23ClFN3OS2. The molecule has 1 amide bonds. The largest absolute Gasteiger partial charge is 0.302 e. The zero-order valence-corrected chi connectivity index (χ0v) is 18.2. The normalized spacial score (nSPS) is 11.3. The van der Waals surface area contributed by atoms with Crippen LogP contribution < -0.4 is 4.90 Å². The Morgan fingerprint density at radius 2 is 2.00 bits per heavy atom. The molecule has 0 unspecified atom stereocenters. The van der Waals surface area contributed by atoms with Crippen LogP contribution in [0, 0.1) is 5.82 Å². The van der Waals surface area contributed by atoms with Crippen LogP contribution in [0.4, 0.5) is 9.52 Å². The summed E-state index contributed by atoms with van der Waals surface area (Å²) in [5, 5.41) is 2.58. The predicted molar refractivity (Wildman–Crippen MR) is 120 cm³/mol. The summed E-state index contributed by atoms with van der Waals surface area (Å²) in [4.78, 5) is 22.4. The van der Waals surface area contributed by atoms with Crippen molar-refractivity contribution < 1.29 is 9.18 Å². The van der Waals surface area contributed by atoms with Gasteiger partial charge in [0.1, 0.15) is 5.82 Å². The van der Waals surface area contributed by atoms with Crippen LogP contribution in [0.25, 0.3) is 16.3 Å². The molecule has 2 heterocycles. The van der Waals surface area contributed by atoms with Crippen molar-refractivity contribution >= 4 is 62.4 Å². The van der Waals surface area contributed by atoms with E-state index in [1.165, 1.54) is 23.5 Å². The Morgan fingerprint density at radius 1 is 1.21 bits per heavy atom. The number of halogens is 2. The van der Waals surface area contributed by atoms with Crippen LogP contribution in [-0.2, 0) is 4.79 Å². The number of thiophene rings is 1. The molecule has 0 spiro atoms. The van der Waals surface area contributed by atoms with Crippen molar-refractivity contribution in [3.05, 3.63) is 52.5 Å². The molecule has 3 rings (SSSR count). The van der Waals surface area contributed by atoms with Gasteiger partial charge >= 0.3 is 0 Å². The predicted octanol–water partition coefficient (Wildman–Crippen LogP) is 5.31. The maximum Gasteiger partial charge on any atom is 0.252 e. The van der Waals surface area contributed by atoms with Crippen LogP contribution in [-0.4, -0.2) is 42.0 Å². The SMILES string of the molecule is CCN(CC)CCN(C(=O)C=Cc1cccs1)c1nc2ccc(F)cc2s1.Cl. The van der Waals surface area contributed by atoms with Crippen LogP contribution in [0.5, 0.6) is 0 Å². The van der Waals surface area contributed by atoms with Gasteiger partial charge in [0.2, 0.25) is 0 Å². The summed E-state index contributed by atoms with van der Waals surface area (Å²) in [6.45, 7) is 7.36.